The fourth-order valence-electron chi connectivity index (χ4n) is 6.64. The number of hydrogen-bond acceptors (Lipinski definition) is 2. The molecule has 0 aliphatic heterocycles. The average molecular weight is 635 g/mol. The Morgan fingerprint density at radius 2 is 0.673 bits per heavy atom. The van der Waals surface area contributed by atoms with Gasteiger partial charge in [-0.15, -0.1) is 0 Å². The zero-order valence-electron chi connectivity index (χ0n) is 26.8. The zero-order chi connectivity index (χ0) is 32.9. The molecule has 0 atom stereocenters. The van der Waals surface area contributed by atoms with Crippen molar-refractivity contribution in [2.75, 3.05) is 0 Å². The summed E-state index contributed by atoms with van der Waals surface area (Å²) in [4.78, 5) is 7.72. The molecule has 2 heterocycles. The van der Waals surface area contributed by atoms with E-state index in [-0.39, 0.29) is 0 Å². The Balaban J connectivity index is 1.28. The van der Waals surface area contributed by atoms with Gasteiger partial charge in [-0.05, 0) is 83.9 Å². The predicted octanol–water partition coefficient (Wildman–Crippen LogP) is 11.6. The second-order valence-corrected chi connectivity index (χ2v) is 11.9. The van der Waals surface area contributed by atoms with Crippen molar-refractivity contribution in [2.45, 2.75) is 5.41 Å². The van der Waals surface area contributed by atoms with E-state index in [9.17, 15) is 0 Å². The molecule has 8 aromatic rings. The molecule has 4 nitrogen and oxygen atoms in total. The Morgan fingerprint density at radius 3 is 1.08 bits per heavy atom. The van der Waals surface area contributed by atoms with Crippen LogP contribution in [0, 0.1) is 0 Å². The van der Waals surface area contributed by atoms with Gasteiger partial charge in [0.05, 0.1) is 0 Å². The Labute approximate surface area is 286 Å². The molecule has 2 N–H and O–H groups in total. The molecule has 8 rings (SSSR count). The fourth-order valence-corrected chi connectivity index (χ4v) is 6.64. The number of H-pyrrole nitrogens is 2. The van der Waals surface area contributed by atoms with Crippen molar-refractivity contribution in [3.8, 4) is 45.5 Å². The molecule has 4 heteroatoms. The number of aromatic nitrogens is 2. The summed E-state index contributed by atoms with van der Waals surface area (Å²) in [5.74, 6) is 3.15. The number of para-hydroxylation sites is 4. The van der Waals surface area contributed by atoms with E-state index in [1.807, 2.05) is 97.1 Å². The van der Waals surface area contributed by atoms with Gasteiger partial charge in [0, 0.05) is 33.9 Å². The first-order valence-corrected chi connectivity index (χ1v) is 16.4. The summed E-state index contributed by atoms with van der Waals surface area (Å²) in [6.07, 6.45) is 0. The van der Waals surface area contributed by atoms with Gasteiger partial charge in [-0.25, -0.2) is 0 Å². The van der Waals surface area contributed by atoms with Crippen molar-refractivity contribution < 1.29 is 9.47 Å². The van der Waals surface area contributed by atoms with Crippen LogP contribution < -0.4 is 9.47 Å². The number of ether oxygens (including phenoxy) is 2. The maximum atomic E-state index is 6.38. The third-order valence-corrected chi connectivity index (χ3v) is 8.89. The summed E-state index contributed by atoms with van der Waals surface area (Å²) in [5.41, 5.74) is 7.49. The van der Waals surface area contributed by atoms with Crippen LogP contribution in [0.4, 0.5) is 0 Å². The first-order valence-electron chi connectivity index (χ1n) is 16.4. The van der Waals surface area contributed by atoms with Gasteiger partial charge in [0.2, 0.25) is 0 Å². The van der Waals surface area contributed by atoms with Crippen LogP contribution in [0.3, 0.4) is 0 Å². The molecule has 0 aliphatic carbocycles. The summed E-state index contributed by atoms with van der Waals surface area (Å²) in [7, 11) is 0. The number of rotatable bonds is 10. The molecule has 0 unspecified atom stereocenters. The summed E-state index contributed by atoms with van der Waals surface area (Å²) >= 11 is 0. The Morgan fingerprint density at radius 1 is 0.327 bits per heavy atom. The number of benzene rings is 6. The molecule has 0 spiro atoms. The van der Waals surface area contributed by atoms with Crippen molar-refractivity contribution in [2.24, 2.45) is 0 Å². The molecule has 0 aliphatic rings. The minimum absolute atomic E-state index is 0.705. The molecule has 49 heavy (non-hydrogen) atoms. The third kappa shape index (κ3) is 5.81. The van der Waals surface area contributed by atoms with E-state index in [2.05, 4.69) is 107 Å². The van der Waals surface area contributed by atoms with Gasteiger partial charge in [-0.2, -0.15) is 0 Å². The monoisotopic (exact) mass is 634 g/mol. The lowest BCUT2D eigenvalue weighted by Crippen LogP contribution is -2.32. The van der Waals surface area contributed by atoms with E-state index in [0.29, 0.717) is 0 Å². The third-order valence-electron chi connectivity index (χ3n) is 8.89. The first-order chi connectivity index (χ1) is 24.3. The van der Waals surface area contributed by atoms with Crippen molar-refractivity contribution >= 4 is 0 Å². The maximum Gasteiger partial charge on any atom is 0.136 e. The highest BCUT2D eigenvalue weighted by atomic mass is 16.5. The van der Waals surface area contributed by atoms with Crippen LogP contribution in [0.5, 0.6) is 23.0 Å². The van der Waals surface area contributed by atoms with Crippen LogP contribution in [0.2, 0.25) is 0 Å². The quantitative estimate of drug-likeness (QED) is 0.157. The smallest absolute Gasteiger partial charge is 0.136 e. The average Bonchev–Trinajstić information content (AvgIpc) is 3.86. The molecule has 236 valence electrons. The fraction of sp³-hybridized carbons (Fsp3) is 0.0222. The van der Waals surface area contributed by atoms with E-state index in [4.69, 9.17) is 9.47 Å². The molecule has 0 bridgehead atoms. The lowest BCUT2D eigenvalue weighted by Gasteiger charge is -2.34. The highest BCUT2D eigenvalue weighted by Gasteiger charge is 2.41. The summed E-state index contributed by atoms with van der Waals surface area (Å²) in [6.45, 7) is 0. The second-order valence-electron chi connectivity index (χ2n) is 11.9. The molecule has 2 aromatic heterocycles. The van der Waals surface area contributed by atoms with Crippen molar-refractivity contribution in [3.63, 3.8) is 0 Å². The summed E-state index contributed by atoms with van der Waals surface area (Å²) in [6, 6.07) is 66.1. The van der Waals surface area contributed by atoms with E-state index >= 15 is 0 Å². The van der Waals surface area contributed by atoms with Crippen LogP contribution in [-0.2, 0) is 5.41 Å². The Hall–Kier alpha value is -6.52. The maximum absolute atomic E-state index is 6.38. The molecule has 0 saturated carbocycles. The topological polar surface area (TPSA) is 50.0 Å². The predicted molar refractivity (Wildman–Crippen MR) is 197 cm³/mol. The van der Waals surface area contributed by atoms with E-state index in [0.717, 1.165) is 68.0 Å². The lowest BCUT2D eigenvalue weighted by atomic mass is 9.69. The van der Waals surface area contributed by atoms with Crippen LogP contribution >= 0.6 is 0 Å². The molecule has 6 aromatic carbocycles. The van der Waals surface area contributed by atoms with Gasteiger partial charge in [0.15, 0.2) is 0 Å². The molecule has 0 amide bonds. The lowest BCUT2D eigenvalue weighted by molar-refractivity contribution is 0.484. The normalized spacial score (nSPS) is 11.3. The number of aromatic amines is 2. The molecule has 0 saturated heterocycles. The molecular weight excluding hydrogens is 601 g/mol. The summed E-state index contributed by atoms with van der Waals surface area (Å²) in [5, 5.41) is 0. The minimum atomic E-state index is -0.705. The Bertz CT molecular complexity index is 2110. The van der Waals surface area contributed by atoms with E-state index in [1.165, 1.54) is 0 Å². The van der Waals surface area contributed by atoms with E-state index in [1.54, 1.807) is 0 Å². The van der Waals surface area contributed by atoms with Crippen LogP contribution in [0.1, 0.15) is 22.5 Å². The van der Waals surface area contributed by atoms with Gasteiger partial charge in [0.1, 0.15) is 28.4 Å². The van der Waals surface area contributed by atoms with Gasteiger partial charge < -0.3 is 19.4 Å². The van der Waals surface area contributed by atoms with Gasteiger partial charge in [0.25, 0.3) is 0 Å². The van der Waals surface area contributed by atoms with Crippen LogP contribution in [-0.4, -0.2) is 9.97 Å². The largest absolute Gasteiger partial charge is 0.457 e. The molecular formula is C45H34N2O2. The summed E-state index contributed by atoms with van der Waals surface area (Å²) < 4.78 is 12.8. The van der Waals surface area contributed by atoms with Gasteiger partial charge >= 0.3 is 0 Å². The first kappa shape index (κ1) is 29.9. The standard InChI is InChI=1S/C45H34N2O2/c1-5-17-33(18-6-1)45(34-19-7-2-8-20-34,43-31-29-39(46-43)37-25-13-15-27-41(37)48-35-21-9-3-10-22-35)44-32-30-40(47-44)38-26-14-16-28-42(38)49-36-23-11-4-12-24-36/h1-32,46-47H. The SMILES string of the molecule is c1ccc(Oc2ccccc2-c2ccc(C(c3ccccc3)(c3ccccc3)c3ccc(-c4ccccc4Oc4ccccc4)[nH]3)[nH]2)cc1. The van der Waals surface area contributed by atoms with Gasteiger partial charge in [-0.1, -0.05) is 121 Å². The zero-order valence-corrected chi connectivity index (χ0v) is 26.8. The van der Waals surface area contributed by atoms with Crippen LogP contribution in [0.25, 0.3) is 22.5 Å². The highest BCUT2D eigenvalue weighted by molar-refractivity contribution is 5.72. The minimum Gasteiger partial charge on any atom is -0.457 e. The van der Waals surface area contributed by atoms with Crippen LogP contribution in [0.15, 0.2) is 194 Å². The highest BCUT2D eigenvalue weighted by Crippen LogP contribution is 2.46. The number of nitrogens with one attached hydrogen (secondary N) is 2. The molecule has 0 fully saturated rings. The number of hydrogen-bond donors (Lipinski definition) is 2. The van der Waals surface area contributed by atoms with Crippen molar-refractivity contribution in [3.05, 3.63) is 217 Å². The van der Waals surface area contributed by atoms with E-state index < -0.39 is 5.41 Å². The van der Waals surface area contributed by atoms with Crippen molar-refractivity contribution in [1.82, 2.24) is 9.97 Å². The molecule has 0 radical (unpaired) electrons. The second kappa shape index (κ2) is 13.3. The Kier molecular flexibility index (Phi) is 8.11. The van der Waals surface area contributed by atoms with Crippen molar-refractivity contribution in [1.29, 1.82) is 0 Å². The van der Waals surface area contributed by atoms with Gasteiger partial charge in [-0.3, -0.25) is 0 Å².